The Bertz CT molecular complexity index is 679. The van der Waals surface area contributed by atoms with Crippen molar-refractivity contribution in [3.8, 4) is 0 Å². The topological polar surface area (TPSA) is 49.3 Å². The molecule has 0 spiro atoms. The molecule has 2 rings (SSSR count). The molecule has 0 saturated carbocycles. The number of hydrogen-bond donors (Lipinski definition) is 2. The van der Waals surface area contributed by atoms with Crippen molar-refractivity contribution >= 4 is 17.5 Å². The fourth-order valence-corrected chi connectivity index (χ4v) is 2.14. The standard InChI is InChI=1S/C16H14ClF2NO2/c17-12-3-1-2-10(8-12)15(21)6-7-20-16(22)11-4-5-13(18)14(19)9-11/h1-5,8-9,15,21H,6-7H2,(H,20,22)/t15-/m1/s1. The number of aliphatic hydroxyl groups excluding tert-OH is 1. The largest absolute Gasteiger partial charge is 0.388 e. The Morgan fingerprint density at radius 1 is 1.18 bits per heavy atom. The number of halogens is 3. The highest BCUT2D eigenvalue weighted by Gasteiger charge is 2.11. The third kappa shape index (κ3) is 4.26. The third-order valence-electron chi connectivity index (χ3n) is 3.12. The van der Waals surface area contributed by atoms with Crippen molar-refractivity contribution in [1.29, 1.82) is 0 Å². The van der Waals surface area contributed by atoms with Crippen LogP contribution in [0, 0.1) is 11.6 Å². The summed E-state index contributed by atoms with van der Waals surface area (Å²) >= 11 is 5.83. The van der Waals surface area contributed by atoms with Crippen LogP contribution in [0.4, 0.5) is 8.78 Å². The molecule has 0 saturated heterocycles. The second-order valence-corrected chi connectivity index (χ2v) is 5.18. The molecule has 0 bridgehead atoms. The Labute approximate surface area is 131 Å². The smallest absolute Gasteiger partial charge is 0.251 e. The first-order valence-corrected chi connectivity index (χ1v) is 7.02. The molecule has 116 valence electrons. The van der Waals surface area contributed by atoms with Crippen LogP contribution < -0.4 is 5.32 Å². The molecule has 0 fully saturated rings. The van der Waals surface area contributed by atoms with Crippen LogP contribution in [-0.2, 0) is 0 Å². The van der Waals surface area contributed by atoms with Crippen molar-refractivity contribution in [2.45, 2.75) is 12.5 Å². The summed E-state index contributed by atoms with van der Waals surface area (Å²) in [4.78, 5) is 11.8. The molecule has 22 heavy (non-hydrogen) atoms. The van der Waals surface area contributed by atoms with Crippen molar-refractivity contribution in [3.63, 3.8) is 0 Å². The second-order valence-electron chi connectivity index (χ2n) is 4.74. The molecule has 0 aliphatic carbocycles. The van der Waals surface area contributed by atoms with E-state index in [1.54, 1.807) is 24.3 Å². The van der Waals surface area contributed by atoms with Gasteiger partial charge >= 0.3 is 0 Å². The molecular formula is C16H14ClF2NO2. The second kappa shape index (κ2) is 7.33. The highest BCUT2D eigenvalue weighted by Crippen LogP contribution is 2.19. The lowest BCUT2D eigenvalue weighted by atomic mass is 10.1. The van der Waals surface area contributed by atoms with Gasteiger partial charge in [0.05, 0.1) is 6.10 Å². The van der Waals surface area contributed by atoms with Crippen molar-refractivity contribution < 1.29 is 18.7 Å². The van der Waals surface area contributed by atoms with Gasteiger partial charge in [-0.3, -0.25) is 4.79 Å². The average molecular weight is 326 g/mol. The minimum atomic E-state index is -1.08. The maximum absolute atomic E-state index is 13.0. The molecule has 2 N–H and O–H groups in total. The van der Waals surface area contributed by atoms with Gasteiger partial charge in [0.2, 0.25) is 0 Å². The van der Waals surface area contributed by atoms with E-state index in [0.717, 1.165) is 12.1 Å². The first-order chi connectivity index (χ1) is 10.5. The molecule has 2 aromatic carbocycles. The predicted octanol–water partition coefficient (Wildman–Crippen LogP) is 3.47. The number of amides is 1. The molecule has 3 nitrogen and oxygen atoms in total. The van der Waals surface area contributed by atoms with Crippen LogP contribution >= 0.6 is 11.6 Å². The van der Waals surface area contributed by atoms with E-state index in [9.17, 15) is 18.7 Å². The predicted molar refractivity (Wildman–Crippen MR) is 79.7 cm³/mol. The zero-order valence-electron chi connectivity index (χ0n) is 11.5. The van der Waals surface area contributed by atoms with E-state index < -0.39 is 23.6 Å². The highest BCUT2D eigenvalue weighted by molar-refractivity contribution is 6.30. The SMILES string of the molecule is O=C(NCC[C@@H](O)c1cccc(Cl)c1)c1ccc(F)c(F)c1. The first kappa shape index (κ1) is 16.4. The lowest BCUT2D eigenvalue weighted by Gasteiger charge is -2.12. The number of hydrogen-bond acceptors (Lipinski definition) is 2. The van der Waals surface area contributed by atoms with Crippen LogP contribution in [0.25, 0.3) is 0 Å². The van der Waals surface area contributed by atoms with E-state index >= 15 is 0 Å². The number of carbonyl (C=O) groups excluding carboxylic acids is 1. The zero-order valence-corrected chi connectivity index (χ0v) is 12.3. The van der Waals surface area contributed by atoms with Gasteiger partial charge in [0.25, 0.3) is 5.91 Å². The lowest BCUT2D eigenvalue weighted by molar-refractivity contribution is 0.0942. The van der Waals surface area contributed by atoms with Gasteiger partial charge in [-0.2, -0.15) is 0 Å². The molecule has 0 unspecified atom stereocenters. The number of rotatable bonds is 5. The van der Waals surface area contributed by atoms with E-state index in [2.05, 4.69) is 5.32 Å². The molecule has 6 heteroatoms. The fraction of sp³-hybridized carbons (Fsp3) is 0.188. The van der Waals surface area contributed by atoms with Crippen molar-refractivity contribution in [2.75, 3.05) is 6.54 Å². The Morgan fingerprint density at radius 2 is 1.95 bits per heavy atom. The minimum Gasteiger partial charge on any atom is -0.388 e. The van der Waals surface area contributed by atoms with Gasteiger partial charge in [-0.15, -0.1) is 0 Å². The molecular weight excluding hydrogens is 312 g/mol. The van der Waals surface area contributed by atoms with Crippen LogP contribution in [0.5, 0.6) is 0 Å². The highest BCUT2D eigenvalue weighted by atomic mass is 35.5. The maximum atomic E-state index is 13.0. The van der Waals surface area contributed by atoms with Gasteiger partial charge in [-0.1, -0.05) is 23.7 Å². The molecule has 2 aromatic rings. The quantitative estimate of drug-likeness (QED) is 0.884. The molecule has 0 radical (unpaired) electrons. The van der Waals surface area contributed by atoms with E-state index in [4.69, 9.17) is 11.6 Å². The normalized spacial score (nSPS) is 12.0. The Hall–Kier alpha value is -1.98. The summed E-state index contributed by atoms with van der Waals surface area (Å²) in [6.45, 7) is 0.186. The summed E-state index contributed by atoms with van der Waals surface area (Å²) in [7, 11) is 0. The lowest BCUT2D eigenvalue weighted by Crippen LogP contribution is -2.25. The van der Waals surface area contributed by atoms with Crippen LogP contribution in [0.2, 0.25) is 5.02 Å². The average Bonchev–Trinajstić information content (AvgIpc) is 2.49. The molecule has 1 amide bonds. The van der Waals surface area contributed by atoms with Gasteiger partial charge in [-0.05, 0) is 42.3 Å². The Kier molecular flexibility index (Phi) is 5.46. The van der Waals surface area contributed by atoms with E-state index in [1.807, 2.05) is 0 Å². The van der Waals surface area contributed by atoms with Crippen LogP contribution in [-0.4, -0.2) is 17.6 Å². The zero-order chi connectivity index (χ0) is 16.1. The van der Waals surface area contributed by atoms with E-state index in [-0.39, 0.29) is 18.5 Å². The van der Waals surface area contributed by atoms with Crippen LogP contribution in [0.3, 0.4) is 0 Å². The summed E-state index contributed by atoms with van der Waals surface area (Å²) in [6.07, 6.45) is -0.501. The number of nitrogens with one attached hydrogen (secondary N) is 1. The van der Waals surface area contributed by atoms with Crippen molar-refractivity contribution in [3.05, 3.63) is 70.2 Å². The van der Waals surface area contributed by atoms with Gasteiger partial charge in [0.1, 0.15) is 0 Å². The van der Waals surface area contributed by atoms with E-state index in [0.29, 0.717) is 10.6 Å². The van der Waals surface area contributed by atoms with Gasteiger partial charge in [0, 0.05) is 17.1 Å². The van der Waals surface area contributed by atoms with Gasteiger partial charge < -0.3 is 10.4 Å². The van der Waals surface area contributed by atoms with Gasteiger partial charge in [0.15, 0.2) is 11.6 Å². The summed E-state index contributed by atoms with van der Waals surface area (Å²) in [6, 6.07) is 9.71. The van der Waals surface area contributed by atoms with Crippen LogP contribution in [0.15, 0.2) is 42.5 Å². The monoisotopic (exact) mass is 325 g/mol. The third-order valence-corrected chi connectivity index (χ3v) is 3.35. The van der Waals surface area contributed by atoms with Gasteiger partial charge in [-0.25, -0.2) is 8.78 Å². The van der Waals surface area contributed by atoms with Crippen molar-refractivity contribution in [1.82, 2.24) is 5.32 Å². The molecule has 0 heterocycles. The van der Waals surface area contributed by atoms with Crippen molar-refractivity contribution in [2.24, 2.45) is 0 Å². The molecule has 1 atom stereocenters. The Morgan fingerprint density at radius 3 is 2.64 bits per heavy atom. The first-order valence-electron chi connectivity index (χ1n) is 6.64. The molecule has 0 aliphatic heterocycles. The fourth-order valence-electron chi connectivity index (χ4n) is 1.94. The number of benzene rings is 2. The number of carbonyl (C=O) groups is 1. The van der Waals surface area contributed by atoms with E-state index in [1.165, 1.54) is 6.07 Å². The maximum Gasteiger partial charge on any atom is 0.251 e. The summed E-state index contributed by atoms with van der Waals surface area (Å²) in [5, 5.41) is 13.0. The molecule has 0 aliphatic rings. The van der Waals surface area contributed by atoms with Crippen LogP contribution in [0.1, 0.15) is 28.4 Å². The molecule has 0 aromatic heterocycles. The summed E-state index contributed by atoms with van der Waals surface area (Å²) < 4.78 is 25.8. The summed E-state index contributed by atoms with van der Waals surface area (Å²) in [5.41, 5.74) is 0.672. The number of aliphatic hydroxyl groups is 1. The minimum absolute atomic E-state index is 0.0242. The summed E-state index contributed by atoms with van der Waals surface area (Å²) in [5.74, 6) is -2.61. The Balaban J connectivity index is 1.87.